The second-order valence-corrected chi connectivity index (χ2v) is 4.00. The molecule has 0 aromatic rings. The Morgan fingerprint density at radius 2 is 2.10 bits per heavy atom. The molecule has 4 heteroatoms. The van der Waals surface area contributed by atoms with Crippen LogP contribution in [0.3, 0.4) is 0 Å². The third-order valence-electron chi connectivity index (χ3n) is 0.592. The van der Waals surface area contributed by atoms with Gasteiger partial charge in [0.1, 0.15) is 11.4 Å². The monoisotopic (exact) mass is 182 g/mol. The highest BCUT2D eigenvalue weighted by atomic mass is 35.7. The molecule has 0 fully saturated rings. The Labute approximate surface area is 69.8 Å². The Balaban J connectivity index is 3.58. The molecular formula is C6H11ClO2S. The number of carbonyl (C=O) groups is 1. The van der Waals surface area contributed by atoms with Crippen LogP contribution < -0.4 is 0 Å². The van der Waals surface area contributed by atoms with Crippen molar-refractivity contribution in [3.63, 3.8) is 0 Å². The summed E-state index contributed by atoms with van der Waals surface area (Å²) < 4.78 is 4.93. The van der Waals surface area contributed by atoms with Crippen LogP contribution in [0.4, 0.5) is 0 Å². The number of hydrogen-bond donors (Lipinski definition) is 0. The van der Waals surface area contributed by atoms with Crippen LogP contribution in [0.25, 0.3) is 0 Å². The summed E-state index contributed by atoms with van der Waals surface area (Å²) in [7, 11) is 6.19. The van der Waals surface area contributed by atoms with E-state index in [1.807, 2.05) is 20.8 Å². The van der Waals surface area contributed by atoms with Gasteiger partial charge in [-0.15, -0.1) is 0 Å². The number of carbonyl (C=O) groups excluding carboxylic acids is 1. The first-order valence-corrected chi connectivity index (χ1v) is 4.72. The number of rotatable bonds is 2. The van der Waals surface area contributed by atoms with Gasteiger partial charge in [0.15, 0.2) is 0 Å². The topological polar surface area (TPSA) is 26.3 Å². The lowest BCUT2D eigenvalue weighted by Gasteiger charge is -2.18. The Hall–Kier alpha value is 0.110. The van der Waals surface area contributed by atoms with E-state index in [1.54, 1.807) is 0 Å². The second-order valence-electron chi connectivity index (χ2n) is 2.84. The maximum Gasteiger partial charge on any atom is 0.317 e. The van der Waals surface area contributed by atoms with Gasteiger partial charge in [-0.3, -0.25) is 4.79 Å². The zero-order chi connectivity index (χ0) is 8.20. The normalized spacial score (nSPS) is 11.2. The molecule has 0 bridgehead atoms. The van der Waals surface area contributed by atoms with Crippen molar-refractivity contribution in [1.29, 1.82) is 0 Å². The lowest BCUT2D eigenvalue weighted by atomic mass is 10.2. The molecule has 0 atom stereocenters. The van der Waals surface area contributed by atoms with Crippen LogP contribution in [-0.4, -0.2) is 17.3 Å². The van der Waals surface area contributed by atoms with Crippen molar-refractivity contribution in [3.05, 3.63) is 0 Å². The molecule has 0 amide bonds. The zero-order valence-electron chi connectivity index (χ0n) is 6.31. The first-order chi connectivity index (χ1) is 4.45. The molecule has 0 saturated heterocycles. The van der Waals surface area contributed by atoms with E-state index in [1.165, 1.54) is 0 Å². The van der Waals surface area contributed by atoms with Gasteiger partial charge in [-0.1, -0.05) is 0 Å². The van der Waals surface area contributed by atoms with Crippen molar-refractivity contribution >= 4 is 27.6 Å². The number of esters is 1. The third kappa shape index (κ3) is 6.23. The maximum absolute atomic E-state index is 10.7. The number of halogens is 1. The fraction of sp³-hybridized carbons (Fsp3) is 0.833. The summed E-state index contributed by atoms with van der Waals surface area (Å²) in [6.07, 6.45) is 0. The van der Waals surface area contributed by atoms with Crippen LogP contribution in [0.5, 0.6) is 0 Å². The summed E-state index contributed by atoms with van der Waals surface area (Å²) in [6.45, 7) is 5.47. The Morgan fingerprint density at radius 3 is 2.40 bits per heavy atom. The minimum absolute atomic E-state index is 0.207. The average Bonchev–Trinajstić information content (AvgIpc) is 1.59. The lowest BCUT2D eigenvalue weighted by Crippen LogP contribution is -2.24. The van der Waals surface area contributed by atoms with E-state index in [2.05, 4.69) is 0 Å². The SMILES string of the molecule is CC(C)(C)OC(=O)CSCl. The smallest absolute Gasteiger partial charge is 0.317 e. The molecule has 0 saturated carbocycles. The van der Waals surface area contributed by atoms with E-state index in [9.17, 15) is 4.79 Å². The summed E-state index contributed by atoms with van der Waals surface area (Å²) in [5.41, 5.74) is -0.399. The van der Waals surface area contributed by atoms with Crippen molar-refractivity contribution in [2.75, 3.05) is 5.75 Å². The van der Waals surface area contributed by atoms with Crippen molar-refractivity contribution in [2.45, 2.75) is 26.4 Å². The van der Waals surface area contributed by atoms with E-state index in [-0.39, 0.29) is 11.7 Å². The van der Waals surface area contributed by atoms with Gasteiger partial charge >= 0.3 is 5.97 Å². The molecular weight excluding hydrogens is 172 g/mol. The minimum Gasteiger partial charge on any atom is -0.459 e. The zero-order valence-corrected chi connectivity index (χ0v) is 7.88. The van der Waals surface area contributed by atoms with Gasteiger partial charge in [-0.2, -0.15) is 0 Å². The summed E-state index contributed by atoms with van der Waals surface area (Å²) in [5, 5.41) is 0. The Bertz CT molecular complexity index is 119. The fourth-order valence-electron chi connectivity index (χ4n) is 0.416. The van der Waals surface area contributed by atoms with Crippen LogP contribution in [-0.2, 0) is 9.53 Å². The molecule has 0 N–H and O–H groups in total. The van der Waals surface area contributed by atoms with Gasteiger partial charge in [0, 0.05) is 0 Å². The first-order valence-electron chi connectivity index (χ1n) is 2.91. The van der Waals surface area contributed by atoms with Crippen LogP contribution in [0.15, 0.2) is 0 Å². The van der Waals surface area contributed by atoms with Crippen molar-refractivity contribution in [2.24, 2.45) is 0 Å². The van der Waals surface area contributed by atoms with Gasteiger partial charge in [0.2, 0.25) is 0 Å². The quantitative estimate of drug-likeness (QED) is 0.613. The average molecular weight is 183 g/mol. The van der Waals surface area contributed by atoms with E-state index in [0.29, 0.717) is 0 Å². The summed E-state index contributed by atoms with van der Waals surface area (Å²) in [5.74, 6) is -0.0637. The summed E-state index contributed by atoms with van der Waals surface area (Å²) in [4.78, 5) is 10.7. The predicted octanol–water partition coefficient (Wildman–Crippen LogP) is 2.22. The molecule has 2 nitrogen and oxygen atoms in total. The molecule has 60 valence electrons. The lowest BCUT2D eigenvalue weighted by molar-refractivity contribution is -0.151. The molecule has 10 heavy (non-hydrogen) atoms. The second kappa shape index (κ2) is 4.09. The van der Waals surface area contributed by atoms with Gasteiger partial charge in [-0.25, -0.2) is 0 Å². The number of hydrogen-bond acceptors (Lipinski definition) is 3. The maximum atomic E-state index is 10.7. The molecule has 0 aliphatic carbocycles. The Morgan fingerprint density at radius 1 is 1.60 bits per heavy atom. The minimum atomic E-state index is -0.399. The molecule has 0 aliphatic rings. The van der Waals surface area contributed by atoms with E-state index < -0.39 is 5.60 Å². The standard InChI is InChI=1S/C6H11ClO2S/c1-6(2,3)9-5(8)4-10-7/h4H2,1-3H3. The fourth-order valence-corrected chi connectivity index (χ4v) is 0.831. The third-order valence-corrected chi connectivity index (χ3v) is 1.26. The van der Waals surface area contributed by atoms with Gasteiger partial charge in [-0.05, 0) is 42.4 Å². The molecule has 0 heterocycles. The molecule has 0 aliphatic heterocycles. The summed E-state index contributed by atoms with van der Waals surface area (Å²) in [6, 6.07) is 0. The molecule has 0 rings (SSSR count). The van der Waals surface area contributed by atoms with Crippen molar-refractivity contribution in [3.8, 4) is 0 Å². The van der Waals surface area contributed by atoms with E-state index in [0.717, 1.165) is 11.0 Å². The molecule has 0 radical (unpaired) electrons. The molecule has 0 aromatic carbocycles. The highest BCUT2D eigenvalue weighted by molar-refractivity contribution is 8.21. The predicted molar refractivity (Wildman–Crippen MR) is 44.2 cm³/mol. The van der Waals surface area contributed by atoms with Crippen molar-refractivity contribution < 1.29 is 9.53 Å². The first kappa shape index (κ1) is 10.1. The van der Waals surface area contributed by atoms with Gasteiger partial charge < -0.3 is 4.74 Å². The van der Waals surface area contributed by atoms with Gasteiger partial charge in [0.05, 0.1) is 0 Å². The van der Waals surface area contributed by atoms with Crippen LogP contribution in [0.2, 0.25) is 0 Å². The van der Waals surface area contributed by atoms with Crippen LogP contribution in [0.1, 0.15) is 20.8 Å². The van der Waals surface area contributed by atoms with Crippen LogP contribution in [0, 0.1) is 0 Å². The molecule has 0 spiro atoms. The summed E-state index contributed by atoms with van der Waals surface area (Å²) >= 11 is 0. The van der Waals surface area contributed by atoms with E-state index in [4.69, 9.17) is 15.4 Å². The Kier molecular flexibility index (Phi) is 4.13. The largest absolute Gasteiger partial charge is 0.459 e. The number of ether oxygens (including phenoxy) is 1. The van der Waals surface area contributed by atoms with Crippen LogP contribution >= 0.6 is 21.7 Å². The molecule has 0 unspecified atom stereocenters. The highest BCUT2D eigenvalue weighted by Crippen LogP contribution is 2.11. The molecule has 0 aromatic heterocycles. The van der Waals surface area contributed by atoms with Gasteiger partial charge in [0.25, 0.3) is 0 Å². The van der Waals surface area contributed by atoms with E-state index >= 15 is 0 Å². The van der Waals surface area contributed by atoms with Crippen molar-refractivity contribution in [1.82, 2.24) is 0 Å². The highest BCUT2D eigenvalue weighted by Gasteiger charge is 2.15.